The van der Waals surface area contributed by atoms with Gasteiger partial charge in [-0.25, -0.2) is 4.79 Å². The van der Waals surface area contributed by atoms with E-state index >= 15 is 0 Å². The van der Waals surface area contributed by atoms with Crippen LogP contribution in [0.1, 0.15) is 44.2 Å². The monoisotopic (exact) mass is 324 g/mol. The molecule has 0 spiro atoms. The third kappa shape index (κ3) is 2.73. The molecule has 7 nitrogen and oxygen atoms in total. The number of aliphatic carboxylic acids is 1. The summed E-state index contributed by atoms with van der Waals surface area (Å²) in [6, 6.07) is 0. The molecule has 23 heavy (non-hydrogen) atoms. The lowest BCUT2D eigenvalue weighted by molar-refractivity contribution is -0.194. The van der Waals surface area contributed by atoms with Gasteiger partial charge in [-0.05, 0) is 20.8 Å². The third-order valence-electron chi connectivity index (χ3n) is 5.00. The summed E-state index contributed by atoms with van der Waals surface area (Å²) in [5, 5.41) is 16.2. The van der Waals surface area contributed by atoms with Crippen molar-refractivity contribution >= 4 is 11.9 Å². The first-order valence-corrected chi connectivity index (χ1v) is 7.73. The van der Waals surface area contributed by atoms with Gasteiger partial charge in [0.15, 0.2) is 0 Å². The van der Waals surface area contributed by atoms with Crippen molar-refractivity contribution in [1.29, 1.82) is 0 Å². The lowest BCUT2D eigenvalue weighted by atomic mass is 9.54. The highest BCUT2D eigenvalue weighted by Gasteiger charge is 2.66. The highest BCUT2D eigenvalue weighted by Crippen LogP contribution is 2.51. The summed E-state index contributed by atoms with van der Waals surface area (Å²) in [7, 11) is 0. The molecular weight excluding hydrogens is 300 g/mol. The summed E-state index contributed by atoms with van der Waals surface area (Å²) in [6.07, 6.45) is 0.116. The van der Waals surface area contributed by atoms with Crippen LogP contribution in [-0.2, 0) is 20.7 Å². The van der Waals surface area contributed by atoms with Gasteiger partial charge < -0.3 is 19.7 Å². The molecule has 0 aliphatic heterocycles. The van der Waals surface area contributed by atoms with Gasteiger partial charge in [-0.1, -0.05) is 19.0 Å². The zero-order valence-electron chi connectivity index (χ0n) is 14.2. The van der Waals surface area contributed by atoms with E-state index in [2.05, 4.69) is 10.5 Å². The molecule has 1 aromatic rings. The smallest absolute Gasteiger partial charge is 0.330 e. The highest BCUT2D eigenvalue weighted by atomic mass is 16.5. The first-order valence-electron chi connectivity index (χ1n) is 7.73. The standard InChI is InChI=1S/C16H24N2O5/c1-6-22-12-8-16(14(20)21,15(12,4)5)17-13(19)7-11-9(2)18-23-10(11)3/h12H,6-8H2,1-5H3,(H,17,19)(H,20,21). The average Bonchev–Trinajstić information content (AvgIpc) is 2.77. The Morgan fingerprint density at radius 3 is 2.52 bits per heavy atom. The number of nitrogens with one attached hydrogen (secondary N) is 1. The fourth-order valence-electron chi connectivity index (χ4n) is 3.23. The van der Waals surface area contributed by atoms with E-state index in [1.54, 1.807) is 27.7 Å². The van der Waals surface area contributed by atoms with E-state index in [-0.39, 0.29) is 24.9 Å². The maximum atomic E-state index is 12.4. The summed E-state index contributed by atoms with van der Waals surface area (Å²) in [5.41, 5.74) is -0.671. The molecule has 0 saturated heterocycles. The van der Waals surface area contributed by atoms with Gasteiger partial charge in [-0.15, -0.1) is 0 Å². The molecule has 0 bridgehead atoms. The van der Waals surface area contributed by atoms with E-state index in [1.165, 1.54) is 0 Å². The van der Waals surface area contributed by atoms with E-state index in [4.69, 9.17) is 9.26 Å². The SMILES string of the molecule is CCOC1CC(NC(=O)Cc2c(C)noc2C)(C(=O)O)C1(C)C. The van der Waals surface area contributed by atoms with Gasteiger partial charge in [0.05, 0.1) is 18.2 Å². The van der Waals surface area contributed by atoms with Crippen LogP contribution >= 0.6 is 0 Å². The molecule has 1 aromatic heterocycles. The van der Waals surface area contributed by atoms with Crippen molar-refractivity contribution in [2.45, 2.75) is 59.1 Å². The van der Waals surface area contributed by atoms with Crippen LogP contribution in [-0.4, -0.2) is 40.4 Å². The molecule has 0 radical (unpaired) electrons. The van der Waals surface area contributed by atoms with Crippen LogP contribution in [0.25, 0.3) is 0 Å². The van der Waals surface area contributed by atoms with Crippen LogP contribution in [0.4, 0.5) is 0 Å². The molecule has 2 rings (SSSR count). The van der Waals surface area contributed by atoms with Crippen LogP contribution < -0.4 is 5.32 Å². The first kappa shape index (κ1) is 17.5. The Morgan fingerprint density at radius 2 is 2.09 bits per heavy atom. The Balaban J connectivity index is 2.15. The number of carbonyl (C=O) groups is 2. The van der Waals surface area contributed by atoms with Gasteiger partial charge in [-0.3, -0.25) is 4.79 Å². The van der Waals surface area contributed by atoms with Crippen LogP contribution in [0, 0.1) is 19.3 Å². The molecule has 128 valence electrons. The molecule has 2 atom stereocenters. The molecule has 1 amide bonds. The lowest BCUT2D eigenvalue weighted by Crippen LogP contribution is -2.76. The topological polar surface area (TPSA) is 102 Å². The van der Waals surface area contributed by atoms with Crippen molar-refractivity contribution in [1.82, 2.24) is 10.5 Å². The van der Waals surface area contributed by atoms with Gasteiger partial charge in [-0.2, -0.15) is 0 Å². The minimum absolute atomic E-state index is 0.0472. The van der Waals surface area contributed by atoms with Gasteiger partial charge in [0.2, 0.25) is 5.91 Å². The van der Waals surface area contributed by atoms with Crippen LogP contribution in [0.2, 0.25) is 0 Å². The second-order valence-corrected chi connectivity index (χ2v) is 6.61. The summed E-state index contributed by atoms with van der Waals surface area (Å²) in [6.45, 7) is 9.48. The number of rotatable bonds is 6. The molecular formula is C16H24N2O5. The summed E-state index contributed by atoms with van der Waals surface area (Å²) >= 11 is 0. The number of amides is 1. The largest absolute Gasteiger partial charge is 0.479 e. The average molecular weight is 324 g/mol. The summed E-state index contributed by atoms with van der Waals surface area (Å²) in [4.78, 5) is 24.2. The minimum atomic E-state index is -1.32. The number of ether oxygens (including phenoxy) is 1. The molecule has 1 aliphatic carbocycles. The fourth-order valence-corrected chi connectivity index (χ4v) is 3.23. The first-order chi connectivity index (χ1) is 10.7. The van der Waals surface area contributed by atoms with Crippen molar-refractivity contribution in [3.63, 3.8) is 0 Å². The summed E-state index contributed by atoms with van der Waals surface area (Å²) < 4.78 is 10.6. The van der Waals surface area contributed by atoms with E-state index < -0.39 is 16.9 Å². The van der Waals surface area contributed by atoms with Gasteiger partial charge in [0.25, 0.3) is 0 Å². The zero-order valence-corrected chi connectivity index (χ0v) is 14.2. The Morgan fingerprint density at radius 1 is 1.43 bits per heavy atom. The van der Waals surface area contributed by atoms with Gasteiger partial charge >= 0.3 is 5.97 Å². The van der Waals surface area contributed by atoms with Crippen LogP contribution in [0.3, 0.4) is 0 Å². The van der Waals surface area contributed by atoms with Gasteiger partial charge in [0.1, 0.15) is 11.3 Å². The number of carboxylic acid groups (broad SMARTS) is 1. The molecule has 1 fully saturated rings. The molecule has 2 N–H and O–H groups in total. The number of aryl methyl sites for hydroxylation is 2. The van der Waals surface area contributed by atoms with Crippen LogP contribution in [0.15, 0.2) is 4.52 Å². The molecule has 1 saturated carbocycles. The molecule has 2 unspecified atom stereocenters. The van der Waals surface area contributed by atoms with Crippen molar-refractivity contribution in [2.24, 2.45) is 5.41 Å². The van der Waals surface area contributed by atoms with E-state index in [1.807, 2.05) is 6.92 Å². The van der Waals surface area contributed by atoms with Crippen molar-refractivity contribution < 1.29 is 24.0 Å². The van der Waals surface area contributed by atoms with Crippen molar-refractivity contribution in [3.8, 4) is 0 Å². The molecule has 1 heterocycles. The molecule has 7 heteroatoms. The number of carboxylic acids is 1. The summed E-state index contributed by atoms with van der Waals surface area (Å²) in [5.74, 6) is -0.822. The minimum Gasteiger partial charge on any atom is -0.479 e. The highest BCUT2D eigenvalue weighted by molar-refractivity contribution is 5.90. The van der Waals surface area contributed by atoms with Gasteiger partial charge in [0, 0.05) is 24.0 Å². The number of aromatic nitrogens is 1. The van der Waals surface area contributed by atoms with E-state index in [9.17, 15) is 14.7 Å². The fraction of sp³-hybridized carbons (Fsp3) is 0.688. The van der Waals surface area contributed by atoms with Crippen molar-refractivity contribution in [3.05, 3.63) is 17.0 Å². The number of hydrogen-bond donors (Lipinski definition) is 2. The number of hydrogen-bond acceptors (Lipinski definition) is 5. The zero-order chi connectivity index (χ0) is 17.4. The number of nitrogens with zero attached hydrogens (tertiary/aromatic N) is 1. The van der Waals surface area contributed by atoms with E-state index in [0.29, 0.717) is 23.6 Å². The Kier molecular flexibility index (Phi) is 4.52. The number of carbonyl (C=O) groups excluding carboxylic acids is 1. The third-order valence-corrected chi connectivity index (χ3v) is 5.00. The molecule has 0 aromatic carbocycles. The van der Waals surface area contributed by atoms with Crippen molar-refractivity contribution in [2.75, 3.05) is 6.61 Å². The lowest BCUT2D eigenvalue weighted by Gasteiger charge is -2.58. The quantitative estimate of drug-likeness (QED) is 0.824. The Bertz CT molecular complexity index is 602. The molecule has 1 aliphatic rings. The predicted molar refractivity (Wildman–Crippen MR) is 82.0 cm³/mol. The second kappa shape index (κ2) is 5.96. The Labute approximate surface area is 135 Å². The second-order valence-electron chi connectivity index (χ2n) is 6.61. The maximum Gasteiger partial charge on any atom is 0.330 e. The van der Waals surface area contributed by atoms with Crippen LogP contribution in [0.5, 0.6) is 0 Å². The Hall–Kier alpha value is -1.89. The normalized spacial score (nSPS) is 25.7. The van der Waals surface area contributed by atoms with E-state index in [0.717, 1.165) is 0 Å². The predicted octanol–water partition coefficient (Wildman–Crippen LogP) is 1.61. The maximum absolute atomic E-state index is 12.4.